The first-order chi connectivity index (χ1) is 10.5. The van der Waals surface area contributed by atoms with Crippen molar-refractivity contribution in [3.05, 3.63) is 12.3 Å². The second-order valence-corrected chi connectivity index (χ2v) is 5.74. The molecule has 0 saturated carbocycles. The molecule has 2 heterocycles. The van der Waals surface area contributed by atoms with Gasteiger partial charge < -0.3 is 10.0 Å². The Morgan fingerprint density at radius 3 is 2.73 bits per heavy atom. The van der Waals surface area contributed by atoms with Gasteiger partial charge in [-0.25, -0.2) is 13.6 Å². The molecule has 1 aromatic rings. The second kappa shape index (κ2) is 7.04. The molecule has 22 heavy (non-hydrogen) atoms. The predicted octanol–water partition coefficient (Wildman–Crippen LogP) is 2.16. The molecule has 2 N–H and O–H groups in total. The predicted molar refractivity (Wildman–Crippen MR) is 77.9 cm³/mol. The number of aliphatic hydroxyl groups is 1. The summed E-state index contributed by atoms with van der Waals surface area (Å²) in [6.45, 7) is 2.82. The summed E-state index contributed by atoms with van der Waals surface area (Å²) in [5.74, 6) is 0.264. The average molecular weight is 316 g/mol. The molecule has 0 spiro atoms. The Labute approximate surface area is 128 Å². The molecule has 1 saturated heterocycles. The van der Waals surface area contributed by atoms with Crippen LogP contribution in [0.4, 0.5) is 19.4 Å². The van der Waals surface area contributed by atoms with Crippen molar-refractivity contribution in [2.45, 2.75) is 39.2 Å². The van der Waals surface area contributed by atoms with E-state index in [-0.39, 0.29) is 23.9 Å². The van der Waals surface area contributed by atoms with Gasteiger partial charge in [0.2, 0.25) is 0 Å². The van der Waals surface area contributed by atoms with Crippen LogP contribution in [0.25, 0.3) is 0 Å². The summed E-state index contributed by atoms with van der Waals surface area (Å²) in [6, 6.07) is 1.21. The highest BCUT2D eigenvalue weighted by atomic mass is 19.3. The number of hydrogen-bond acceptors (Lipinski definition) is 3. The van der Waals surface area contributed by atoms with Gasteiger partial charge in [-0.2, -0.15) is 5.10 Å². The zero-order valence-corrected chi connectivity index (χ0v) is 12.6. The summed E-state index contributed by atoms with van der Waals surface area (Å²) < 4.78 is 25.6. The molecule has 1 aliphatic heterocycles. The van der Waals surface area contributed by atoms with E-state index in [0.717, 1.165) is 23.9 Å². The third-order valence-corrected chi connectivity index (χ3v) is 4.40. The van der Waals surface area contributed by atoms with Crippen LogP contribution in [-0.4, -0.2) is 51.9 Å². The first kappa shape index (κ1) is 16.7. The van der Waals surface area contributed by atoms with Crippen LogP contribution in [0, 0.1) is 5.41 Å². The van der Waals surface area contributed by atoms with Crippen molar-refractivity contribution in [1.29, 1.82) is 0 Å². The third kappa shape index (κ3) is 3.94. The van der Waals surface area contributed by atoms with Gasteiger partial charge in [0.05, 0.1) is 0 Å². The number of urea groups is 1. The van der Waals surface area contributed by atoms with Crippen LogP contribution < -0.4 is 5.32 Å². The number of nitrogens with one attached hydrogen (secondary N) is 1. The molecule has 0 aliphatic carbocycles. The number of amides is 2. The lowest BCUT2D eigenvalue weighted by Crippen LogP contribution is -2.46. The number of carbonyl (C=O) groups is 1. The highest BCUT2D eigenvalue weighted by Gasteiger charge is 2.33. The van der Waals surface area contributed by atoms with Gasteiger partial charge in [-0.05, 0) is 24.7 Å². The van der Waals surface area contributed by atoms with E-state index < -0.39 is 13.0 Å². The van der Waals surface area contributed by atoms with Crippen LogP contribution in [0.5, 0.6) is 0 Å². The van der Waals surface area contributed by atoms with E-state index in [1.807, 2.05) is 6.92 Å². The van der Waals surface area contributed by atoms with Gasteiger partial charge in [-0.15, -0.1) is 0 Å². The van der Waals surface area contributed by atoms with E-state index in [9.17, 15) is 18.7 Å². The molecular weight excluding hydrogens is 294 g/mol. The number of rotatable bonds is 5. The van der Waals surface area contributed by atoms with Crippen LogP contribution in [0.3, 0.4) is 0 Å². The molecule has 124 valence electrons. The first-order valence-corrected chi connectivity index (χ1v) is 7.46. The first-order valence-electron chi connectivity index (χ1n) is 7.46. The largest absolute Gasteiger partial charge is 0.396 e. The van der Waals surface area contributed by atoms with Crippen molar-refractivity contribution < 1.29 is 18.7 Å². The minimum absolute atomic E-state index is 0.0877. The van der Waals surface area contributed by atoms with Crippen molar-refractivity contribution in [3.8, 4) is 0 Å². The summed E-state index contributed by atoms with van der Waals surface area (Å²) in [4.78, 5) is 13.8. The maximum absolute atomic E-state index is 12.2. The zero-order chi connectivity index (χ0) is 16.2. The van der Waals surface area contributed by atoms with E-state index in [1.165, 1.54) is 12.3 Å². The lowest BCUT2D eigenvalue weighted by atomic mass is 9.77. The Hall–Kier alpha value is -1.70. The Morgan fingerprint density at radius 2 is 2.18 bits per heavy atom. The van der Waals surface area contributed by atoms with Crippen molar-refractivity contribution >= 4 is 11.8 Å². The van der Waals surface area contributed by atoms with Gasteiger partial charge >= 0.3 is 6.03 Å². The number of anilines is 1. The monoisotopic (exact) mass is 316 g/mol. The van der Waals surface area contributed by atoms with Crippen LogP contribution in [-0.2, 0) is 6.54 Å². The van der Waals surface area contributed by atoms with E-state index in [0.29, 0.717) is 13.1 Å². The van der Waals surface area contributed by atoms with E-state index >= 15 is 0 Å². The van der Waals surface area contributed by atoms with Gasteiger partial charge in [0.25, 0.3) is 6.43 Å². The molecule has 0 unspecified atom stereocenters. The highest BCUT2D eigenvalue weighted by Crippen LogP contribution is 2.34. The van der Waals surface area contributed by atoms with E-state index in [4.69, 9.17) is 0 Å². The molecular formula is C14H22F2N4O2. The normalized spacial score (nSPS) is 17.8. The minimum Gasteiger partial charge on any atom is -0.396 e. The molecule has 0 aromatic carbocycles. The number of hydrogen-bond donors (Lipinski definition) is 2. The zero-order valence-electron chi connectivity index (χ0n) is 12.6. The number of piperidine rings is 1. The molecule has 2 rings (SSSR count). The Morgan fingerprint density at radius 1 is 1.50 bits per heavy atom. The van der Waals surface area contributed by atoms with Gasteiger partial charge in [0, 0.05) is 32.0 Å². The Bertz CT molecular complexity index is 493. The van der Waals surface area contributed by atoms with Crippen LogP contribution in [0.2, 0.25) is 0 Å². The fourth-order valence-corrected chi connectivity index (χ4v) is 2.67. The summed E-state index contributed by atoms with van der Waals surface area (Å²) in [5, 5.41) is 16.0. The summed E-state index contributed by atoms with van der Waals surface area (Å²) >= 11 is 0. The van der Waals surface area contributed by atoms with Gasteiger partial charge in [-0.1, -0.05) is 6.92 Å². The number of nitrogens with zero attached hydrogens (tertiary/aromatic N) is 3. The number of carbonyl (C=O) groups excluding carboxylic acids is 1. The standard InChI is InChI=1S/C14H22F2N4O2/c1-2-14(10-21)4-7-19(8-5-14)13(22)17-12-3-6-20(18-12)9-11(15)16/h3,6,11,21H,2,4-5,7-10H2,1H3,(H,17,18,22). The summed E-state index contributed by atoms with van der Waals surface area (Å²) in [5.41, 5.74) is -0.0877. The number of likely N-dealkylation sites (tertiary alicyclic amines) is 1. The number of alkyl halides is 2. The molecule has 0 atom stereocenters. The summed E-state index contributed by atoms with van der Waals surface area (Å²) in [7, 11) is 0. The fraction of sp³-hybridized carbons (Fsp3) is 0.714. The van der Waals surface area contributed by atoms with Crippen LogP contribution >= 0.6 is 0 Å². The number of halogens is 2. The highest BCUT2D eigenvalue weighted by molar-refractivity contribution is 5.88. The average Bonchev–Trinajstić information content (AvgIpc) is 2.93. The van der Waals surface area contributed by atoms with Crippen molar-refractivity contribution in [2.75, 3.05) is 25.0 Å². The van der Waals surface area contributed by atoms with Crippen molar-refractivity contribution in [2.24, 2.45) is 5.41 Å². The fourth-order valence-electron chi connectivity index (χ4n) is 2.67. The molecule has 0 radical (unpaired) electrons. The topological polar surface area (TPSA) is 70.4 Å². The van der Waals surface area contributed by atoms with Gasteiger partial charge in [0.15, 0.2) is 5.82 Å². The third-order valence-electron chi connectivity index (χ3n) is 4.40. The van der Waals surface area contributed by atoms with Crippen LogP contribution in [0.15, 0.2) is 12.3 Å². The minimum atomic E-state index is -2.48. The molecule has 6 nitrogen and oxygen atoms in total. The smallest absolute Gasteiger partial charge is 0.323 e. The number of aromatic nitrogens is 2. The van der Waals surface area contributed by atoms with Crippen molar-refractivity contribution in [3.63, 3.8) is 0 Å². The molecule has 1 fully saturated rings. The summed E-state index contributed by atoms with van der Waals surface area (Å²) in [6.07, 6.45) is 1.33. The maximum Gasteiger partial charge on any atom is 0.323 e. The Kier molecular flexibility index (Phi) is 5.33. The molecule has 2 amide bonds. The lowest BCUT2D eigenvalue weighted by Gasteiger charge is -2.40. The molecule has 8 heteroatoms. The van der Waals surface area contributed by atoms with E-state index in [2.05, 4.69) is 10.4 Å². The van der Waals surface area contributed by atoms with E-state index in [1.54, 1.807) is 4.90 Å². The quantitative estimate of drug-likeness (QED) is 0.874. The molecule has 1 aromatic heterocycles. The molecule has 0 bridgehead atoms. The van der Waals surface area contributed by atoms with Gasteiger partial charge in [-0.3, -0.25) is 10.00 Å². The molecule has 1 aliphatic rings. The number of aliphatic hydroxyl groups excluding tert-OH is 1. The second-order valence-electron chi connectivity index (χ2n) is 5.74. The SMILES string of the molecule is CCC1(CO)CCN(C(=O)Nc2ccn(CC(F)F)n2)CC1. The van der Waals surface area contributed by atoms with Crippen molar-refractivity contribution in [1.82, 2.24) is 14.7 Å². The maximum atomic E-state index is 12.2. The van der Waals surface area contributed by atoms with Crippen LogP contribution in [0.1, 0.15) is 26.2 Å². The van der Waals surface area contributed by atoms with Gasteiger partial charge in [0.1, 0.15) is 6.54 Å². The Balaban J connectivity index is 1.87. The lowest BCUT2D eigenvalue weighted by molar-refractivity contribution is 0.0542.